The van der Waals surface area contributed by atoms with Gasteiger partial charge in [-0.15, -0.1) is 0 Å². The van der Waals surface area contributed by atoms with Crippen LogP contribution in [0.15, 0.2) is 30.4 Å². The van der Waals surface area contributed by atoms with Gasteiger partial charge in [-0.25, -0.2) is 0 Å². The molecule has 1 amide bonds. The number of amides is 1. The maximum absolute atomic E-state index is 13.6. The SMILES string of the molecule is C=C1/C=C/CNC(C)C(=O)NC[C@@]2(C)c3c(c(c(C)c4c3OCO4)OC1)CC1[C@H]3c4c(cc(C)c(OC)c4O)C[C@@](C)(C(C)N12)N3C. The number of phenolic OH excluding ortho intramolecular Hbond substituents is 1. The van der Waals surface area contributed by atoms with Gasteiger partial charge in [0.05, 0.1) is 24.7 Å². The molecule has 5 heterocycles. The highest BCUT2D eigenvalue weighted by Gasteiger charge is 2.62. The minimum Gasteiger partial charge on any atom is -0.504 e. The van der Waals surface area contributed by atoms with Crippen molar-refractivity contribution in [1.82, 2.24) is 20.4 Å². The zero-order valence-corrected chi connectivity index (χ0v) is 28.9. The number of methoxy groups -OCH3 is 1. The number of likely N-dealkylation sites (N-methyl/N-ethyl adjacent to an activating group) is 1. The Kier molecular flexibility index (Phi) is 7.57. The number of fused-ring (bicyclic) bond motifs is 8. The molecule has 3 unspecified atom stereocenters. The molecular weight excluding hydrogens is 596 g/mol. The van der Waals surface area contributed by atoms with E-state index in [-0.39, 0.29) is 42.1 Å². The molecule has 0 aliphatic carbocycles. The number of aryl methyl sites for hydroxylation is 1. The van der Waals surface area contributed by atoms with Crippen molar-refractivity contribution < 1.29 is 28.8 Å². The van der Waals surface area contributed by atoms with Crippen LogP contribution in [-0.2, 0) is 23.2 Å². The lowest BCUT2D eigenvalue weighted by Gasteiger charge is -2.68. The van der Waals surface area contributed by atoms with Crippen LogP contribution < -0.4 is 29.6 Å². The van der Waals surface area contributed by atoms with Crippen LogP contribution in [0.25, 0.3) is 0 Å². The van der Waals surface area contributed by atoms with Crippen LogP contribution in [0.2, 0.25) is 0 Å². The fourth-order valence-corrected chi connectivity index (χ4v) is 9.25. The molecule has 10 nitrogen and oxygen atoms in total. The van der Waals surface area contributed by atoms with E-state index in [9.17, 15) is 9.90 Å². The molecule has 2 aromatic carbocycles. The minimum absolute atomic E-state index is 0.0479. The highest BCUT2D eigenvalue weighted by atomic mass is 16.7. The monoisotopic (exact) mass is 644 g/mol. The first-order valence-electron chi connectivity index (χ1n) is 16.7. The average Bonchev–Trinajstić information content (AvgIpc) is 3.51. The van der Waals surface area contributed by atoms with Gasteiger partial charge in [-0.05, 0) is 78.1 Å². The van der Waals surface area contributed by atoms with Gasteiger partial charge in [0.2, 0.25) is 12.7 Å². The van der Waals surface area contributed by atoms with Crippen LogP contribution in [0.5, 0.6) is 28.7 Å². The van der Waals surface area contributed by atoms with Gasteiger partial charge in [0.25, 0.3) is 0 Å². The predicted molar refractivity (Wildman–Crippen MR) is 180 cm³/mol. The topological polar surface area (TPSA) is 105 Å². The second-order valence-electron chi connectivity index (χ2n) is 14.4. The highest BCUT2D eigenvalue weighted by molar-refractivity contribution is 5.81. The Balaban J connectivity index is 1.50. The summed E-state index contributed by atoms with van der Waals surface area (Å²) >= 11 is 0. The number of carbonyl (C=O) groups excluding carboxylic acids is 1. The third-order valence-corrected chi connectivity index (χ3v) is 11.8. The van der Waals surface area contributed by atoms with Crippen LogP contribution in [0.4, 0.5) is 0 Å². The maximum Gasteiger partial charge on any atom is 0.236 e. The van der Waals surface area contributed by atoms with E-state index in [1.54, 1.807) is 7.11 Å². The van der Waals surface area contributed by atoms with E-state index in [4.69, 9.17) is 18.9 Å². The molecule has 2 aromatic rings. The Hall–Kier alpha value is -3.73. The van der Waals surface area contributed by atoms with Gasteiger partial charge < -0.3 is 34.7 Å². The molecule has 0 aromatic heterocycles. The lowest BCUT2D eigenvalue weighted by atomic mass is 9.64. The number of benzene rings is 2. The number of nitrogens with zero attached hydrogens (tertiary/aromatic N) is 2. The predicted octanol–water partition coefficient (Wildman–Crippen LogP) is 4.18. The van der Waals surface area contributed by atoms with Crippen molar-refractivity contribution in [3.05, 3.63) is 63.8 Å². The third kappa shape index (κ3) is 4.51. The zero-order chi connectivity index (χ0) is 33.6. The second-order valence-corrected chi connectivity index (χ2v) is 14.4. The van der Waals surface area contributed by atoms with Crippen molar-refractivity contribution in [1.29, 1.82) is 0 Å². The summed E-state index contributed by atoms with van der Waals surface area (Å²) in [4.78, 5) is 18.7. The summed E-state index contributed by atoms with van der Waals surface area (Å²) < 4.78 is 24.9. The Morgan fingerprint density at radius 1 is 1.13 bits per heavy atom. The van der Waals surface area contributed by atoms with Crippen molar-refractivity contribution >= 4 is 5.91 Å². The molecule has 6 atom stereocenters. The number of hydrogen-bond acceptors (Lipinski definition) is 9. The number of rotatable bonds is 1. The first-order valence-corrected chi connectivity index (χ1v) is 16.7. The molecular formula is C37H48N4O6. The molecule has 0 spiro atoms. The Morgan fingerprint density at radius 3 is 2.62 bits per heavy atom. The molecule has 3 N–H and O–H groups in total. The van der Waals surface area contributed by atoms with Crippen LogP contribution >= 0.6 is 0 Å². The molecule has 1 fully saturated rings. The number of aromatic hydroxyl groups is 1. The maximum atomic E-state index is 13.6. The number of hydrogen-bond donors (Lipinski definition) is 3. The van der Waals surface area contributed by atoms with Gasteiger partial charge >= 0.3 is 0 Å². The summed E-state index contributed by atoms with van der Waals surface area (Å²) in [5.41, 5.74) is 5.71. The highest BCUT2D eigenvalue weighted by Crippen LogP contribution is 2.61. The van der Waals surface area contributed by atoms with Gasteiger partial charge in [-0.3, -0.25) is 14.6 Å². The van der Waals surface area contributed by atoms with Crippen molar-refractivity contribution in [2.24, 2.45) is 0 Å². The van der Waals surface area contributed by atoms with E-state index >= 15 is 0 Å². The standard InChI is InChI=1S/C37H48N4O6/c1-19-11-10-12-38-22(4)35(43)39-17-37(7)28-25(32(45-16-19)21(3)33-34(28)47-18-46-33)14-26-29-27-24(13-20(2)31(44-9)30(27)42)15-36(6,40(29)8)23(5)41(26)37/h10-11,13,22-23,26,29,38,42H,1,12,14-18H2,2-9H3,(H,39,43)/b11-10+/t22?,23?,26?,29-,36-,37-/m0/s1. The van der Waals surface area contributed by atoms with Crippen LogP contribution in [0.3, 0.4) is 0 Å². The van der Waals surface area contributed by atoms with E-state index in [1.165, 1.54) is 0 Å². The summed E-state index contributed by atoms with van der Waals surface area (Å²) in [5, 5.41) is 18.5. The summed E-state index contributed by atoms with van der Waals surface area (Å²) in [5.74, 6) is 2.81. The fraction of sp³-hybridized carbons (Fsp3) is 0.541. The number of piperazine rings is 1. The quantitative estimate of drug-likeness (QED) is 0.422. The Bertz CT molecular complexity index is 1700. The smallest absolute Gasteiger partial charge is 0.236 e. The first kappa shape index (κ1) is 31.8. The van der Waals surface area contributed by atoms with Crippen molar-refractivity contribution in [3.63, 3.8) is 0 Å². The first-order chi connectivity index (χ1) is 22.3. The molecule has 0 saturated carbocycles. The Morgan fingerprint density at radius 2 is 1.87 bits per heavy atom. The van der Waals surface area contributed by atoms with Crippen molar-refractivity contribution in [2.75, 3.05) is 40.6 Å². The number of carbonyl (C=O) groups is 1. The molecule has 5 aliphatic rings. The summed E-state index contributed by atoms with van der Waals surface area (Å²) in [7, 11) is 3.80. The summed E-state index contributed by atoms with van der Waals surface area (Å²) in [6, 6.07) is 1.57. The molecule has 47 heavy (non-hydrogen) atoms. The van der Waals surface area contributed by atoms with Crippen molar-refractivity contribution in [3.8, 4) is 28.7 Å². The van der Waals surface area contributed by atoms with E-state index in [0.717, 1.165) is 56.9 Å². The van der Waals surface area contributed by atoms with Gasteiger partial charge in [-0.1, -0.05) is 24.8 Å². The summed E-state index contributed by atoms with van der Waals surface area (Å²) in [6.07, 6.45) is 5.29. The van der Waals surface area contributed by atoms with Gasteiger partial charge in [0, 0.05) is 53.0 Å². The van der Waals surface area contributed by atoms with E-state index in [2.05, 4.69) is 60.9 Å². The largest absolute Gasteiger partial charge is 0.504 e. The van der Waals surface area contributed by atoms with Crippen molar-refractivity contribution in [2.45, 2.75) is 89.6 Å². The molecule has 7 rings (SSSR count). The van der Waals surface area contributed by atoms with Crippen LogP contribution in [0, 0.1) is 13.8 Å². The van der Waals surface area contributed by atoms with Crippen LogP contribution in [-0.4, -0.2) is 85.1 Å². The number of ether oxygens (including phenoxy) is 4. The van der Waals surface area contributed by atoms with E-state index < -0.39 is 11.6 Å². The summed E-state index contributed by atoms with van der Waals surface area (Å²) in [6.45, 7) is 18.3. The van der Waals surface area contributed by atoms with E-state index in [1.807, 2.05) is 32.9 Å². The van der Waals surface area contributed by atoms with Gasteiger partial charge in [-0.2, -0.15) is 0 Å². The molecule has 10 heteroatoms. The average molecular weight is 645 g/mol. The minimum atomic E-state index is -0.727. The fourth-order valence-electron chi connectivity index (χ4n) is 9.25. The van der Waals surface area contributed by atoms with Gasteiger partial charge in [0.15, 0.2) is 23.0 Å². The Labute approximate surface area is 277 Å². The number of nitrogens with one attached hydrogen (secondary N) is 2. The lowest BCUT2D eigenvalue weighted by Crippen LogP contribution is -2.77. The van der Waals surface area contributed by atoms with E-state index in [0.29, 0.717) is 37.6 Å². The second kappa shape index (κ2) is 11.2. The third-order valence-electron chi connectivity index (χ3n) is 11.8. The number of phenols is 1. The molecule has 6 bridgehead atoms. The molecule has 0 radical (unpaired) electrons. The normalized spacial score (nSPS) is 32.7. The lowest BCUT2D eigenvalue weighted by molar-refractivity contribution is -0.155. The zero-order valence-electron chi connectivity index (χ0n) is 28.9. The van der Waals surface area contributed by atoms with Crippen LogP contribution in [0.1, 0.15) is 67.1 Å². The van der Waals surface area contributed by atoms with Gasteiger partial charge in [0.1, 0.15) is 12.4 Å². The molecule has 5 aliphatic heterocycles. The molecule has 252 valence electrons. The molecule has 1 saturated heterocycles.